The van der Waals surface area contributed by atoms with E-state index >= 15 is 0 Å². The molecule has 0 aliphatic carbocycles. The van der Waals surface area contributed by atoms with Crippen LogP contribution in [-0.2, 0) is 6.42 Å². The van der Waals surface area contributed by atoms with Crippen LogP contribution in [0.5, 0.6) is 0 Å². The van der Waals surface area contributed by atoms with E-state index in [4.69, 9.17) is 0 Å². The summed E-state index contributed by atoms with van der Waals surface area (Å²) < 4.78 is 2.79. The van der Waals surface area contributed by atoms with Crippen LogP contribution in [-0.4, -0.2) is 15.5 Å². The smallest absolute Gasteiger partial charge is 0.235 e. The predicted molar refractivity (Wildman–Crippen MR) is 88.7 cm³/mol. The van der Waals surface area contributed by atoms with E-state index < -0.39 is 0 Å². The molecule has 0 radical (unpaired) electrons. The summed E-state index contributed by atoms with van der Waals surface area (Å²) in [5, 5.41) is 0. The second-order valence-electron chi connectivity index (χ2n) is 6.06. The zero-order valence-electron chi connectivity index (χ0n) is 12.0. The Kier molecular flexibility index (Phi) is 4.62. The highest BCUT2D eigenvalue weighted by atomic mass is 127. The molecule has 2 aromatic rings. The van der Waals surface area contributed by atoms with Crippen LogP contribution in [0.2, 0.25) is 0 Å². The number of hydrogen-bond acceptors (Lipinski definition) is 2. The minimum absolute atomic E-state index is 0.0724. The number of nitrogens with zero attached hydrogens (tertiary/aromatic N) is 2. The highest BCUT2D eigenvalue weighted by molar-refractivity contribution is 14.1. The average molecular weight is 382 g/mol. The molecule has 0 N–H and O–H groups in total. The minimum Gasteiger partial charge on any atom is -0.276 e. The first kappa shape index (κ1) is 15.2. The molecule has 106 valence electrons. The van der Waals surface area contributed by atoms with Crippen molar-refractivity contribution in [1.82, 2.24) is 9.55 Å². The largest absolute Gasteiger partial charge is 0.276 e. The van der Waals surface area contributed by atoms with E-state index in [-0.39, 0.29) is 17.2 Å². The molecule has 0 saturated carbocycles. The number of halogens is 1. The van der Waals surface area contributed by atoms with Gasteiger partial charge in [0.15, 0.2) is 0 Å². The number of aromatic nitrogens is 2. The van der Waals surface area contributed by atoms with Gasteiger partial charge in [0, 0.05) is 21.9 Å². The van der Waals surface area contributed by atoms with Crippen LogP contribution < -0.4 is 0 Å². The molecule has 0 saturated heterocycles. The molecule has 4 heteroatoms. The van der Waals surface area contributed by atoms with Gasteiger partial charge in [-0.2, -0.15) is 0 Å². The molecule has 0 aliphatic heterocycles. The summed E-state index contributed by atoms with van der Waals surface area (Å²) in [7, 11) is 0. The molecule has 0 aliphatic rings. The number of carbonyl (C=O) groups is 1. The van der Waals surface area contributed by atoms with Gasteiger partial charge in [0.25, 0.3) is 0 Å². The highest BCUT2D eigenvalue weighted by Gasteiger charge is 2.32. The third-order valence-corrected chi connectivity index (χ3v) is 4.17. The lowest BCUT2D eigenvalue weighted by atomic mass is 9.76. The van der Waals surface area contributed by atoms with Gasteiger partial charge in [0.05, 0.1) is 0 Å². The van der Waals surface area contributed by atoms with E-state index in [1.807, 2.05) is 0 Å². The van der Waals surface area contributed by atoms with Crippen LogP contribution in [0, 0.1) is 14.9 Å². The SMILES string of the molecule is CC(C)(C)C(Cc1ccc(I)cc1)C(=O)n1ccnc1. The van der Waals surface area contributed by atoms with Crippen molar-refractivity contribution >= 4 is 28.5 Å². The van der Waals surface area contributed by atoms with Crippen LogP contribution in [0.3, 0.4) is 0 Å². The van der Waals surface area contributed by atoms with Gasteiger partial charge >= 0.3 is 0 Å². The number of rotatable bonds is 3. The molecule has 0 spiro atoms. The van der Waals surface area contributed by atoms with E-state index in [2.05, 4.69) is 72.6 Å². The second-order valence-corrected chi connectivity index (χ2v) is 7.30. The molecule has 1 aromatic carbocycles. The summed E-state index contributed by atoms with van der Waals surface area (Å²) in [6.45, 7) is 6.33. The van der Waals surface area contributed by atoms with Gasteiger partial charge in [-0.3, -0.25) is 9.36 Å². The molecule has 0 fully saturated rings. The fourth-order valence-electron chi connectivity index (χ4n) is 2.19. The first-order chi connectivity index (χ1) is 9.38. The van der Waals surface area contributed by atoms with Crippen molar-refractivity contribution in [3.63, 3.8) is 0 Å². The Morgan fingerprint density at radius 2 is 1.95 bits per heavy atom. The summed E-state index contributed by atoms with van der Waals surface area (Å²) >= 11 is 2.29. The van der Waals surface area contributed by atoms with Gasteiger partial charge in [-0.15, -0.1) is 0 Å². The van der Waals surface area contributed by atoms with E-state index in [0.717, 1.165) is 6.42 Å². The summed E-state index contributed by atoms with van der Waals surface area (Å²) in [4.78, 5) is 16.6. The van der Waals surface area contributed by atoms with Gasteiger partial charge in [0.2, 0.25) is 5.91 Å². The first-order valence-electron chi connectivity index (χ1n) is 6.64. The van der Waals surface area contributed by atoms with Crippen molar-refractivity contribution in [2.45, 2.75) is 27.2 Å². The standard InChI is InChI=1S/C16H19IN2O/c1-16(2,3)14(15(20)19-9-8-18-11-19)10-12-4-6-13(17)7-5-12/h4-9,11,14H,10H2,1-3H3. The molecular formula is C16H19IN2O. The van der Waals surface area contributed by atoms with Gasteiger partial charge in [-0.05, 0) is 52.1 Å². The lowest BCUT2D eigenvalue weighted by molar-refractivity contribution is 0.0724. The van der Waals surface area contributed by atoms with Crippen LogP contribution in [0.25, 0.3) is 0 Å². The first-order valence-corrected chi connectivity index (χ1v) is 7.72. The van der Waals surface area contributed by atoms with E-state index in [1.54, 1.807) is 23.3 Å². The topological polar surface area (TPSA) is 34.9 Å². The summed E-state index contributed by atoms with van der Waals surface area (Å²) in [6, 6.07) is 8.36. The van der Waals surface area contributed by atoms with Gasteiger partial charge in [-0.25, -0.2) is 4.98 Å². The molecule has 20 heavy (non-hydrogen) atoms. The molecule has 1 aromatic heterocycles. The Morgan fingerprint density at radius 1 is 1.30 bits per heavy atom. The van der Waals surface area contributed by atoms with Crippen molar-refractivity contribution in [2.24, 2.45) is 11.3 Å². The van der Waals surface area contributed by atoms with Crippen molar-refractivity contribution in [3.05, 3.63) is 52.1 Å². The lowest BCUT2D eigenvalue weighted by Crippen LogP contribution is -2.33. The van der Waals surface area contributed by atoms with Crippen molar-refractivity contribution in [1.29, 1.82) is 0 Å². The van der Waals surface area contributed by atoms with Gasteiger partial charge in [0.1, 0.15) is 6.33 Å². The maximum absolute atomic E-state index is 12.6. The molecule has 3 nitrogen and oxygen atoms in total. The van der Waals surface area contributed by atoms with Crippen LogP contribution >= 0.6 is 22.6 Å². The molecular weight excluding hydrogens is 363 g/mol. The summed E-state index contributed by atoms with van der Waals surface area (Å²) in [6.07, 6.45) is 5.68. The predicted octanol–water partition coefficient (Wildman–Crippen LogP) is 4.03. The molecule has 0 bridgehead atoms. The molecule has 1 heterocycles. The number of carbonyl (C=O) groups excluding carboxylic acids is 1. The van der Waals surface area contributed by atoms with Crippen molar-refractivity contribution in [3.8, 4) is 0 Å². The number of benzene rings is 1. The monoisotopic (exact) mass is 382 g/mol. The van der Waals surface area contributed by atoms with Gasteiger partial charge < -0.3 is 0 Å². The zero-order chi connectivity index (χ0) is 14.8. The average Bonchev–Trinajstić information content (AvgIpc) is 2.89. The highest BCUT2D eigenvalue weighted by Crippen LogP contribution is 2.30. The molecule has 1 unspecified atom stereocenters. The van der Waals surface area contributed by atoms with E-state index in [1.165, 1.54) is 9.13 Å². The molecule has 0 amide bonds. The van der Waals surface area contributed by atoms with Crippen molar-refractivity contribution < 1.29 is 4.79 Å². The maximum Gasteiger partial charge on any atom is 0.235 e. The maximum atomic E-state index is 12.6. The number of imidazole rings is 1. The Morgan fingerprint density at radius 3 is 2.45 bits per heavy atom. The summed E-state index contributed by atoms with van der Waals surface area (Å²) in [5.74, 6) is 0.0327. The Balaban J connectivity index is 2.25. The molecule has 1 atom stereocenters. The molecule has 2 rings (SSSR count). The number of hydrogen-bond donors (Lipinski definition) is 0. The lowest BCUT2D eigenvalue weighted by Gasteiger charge is -2.29. The van der Waals surface area contributed by atoms with Crippen LogP contribution in [0.1, 0.15) is 31.1 Å². The quantitative estimate of drug-likeness (QED) is 0.752. The van der Waals surface area contributed by atoms with E-state index in [0.29, 0.717) is 0 Å². The minimum atomic E-state index is -0.0929. The van der Waals surface area contributed by atoms with Crippen molar-refractivity contribution in [2.75, 3.05) is 0 Å². The van der Waals surface area contributed by atoms with Gasteiger partial charge in [-0.1, -0.05) is 32.9 Å². The zero-order valence-corrected chi connectivity index (χ0v) is 14.2. The second kappa shape index (κ2) is 6.08. The fourth-order valence-corrected chi connectivity index (χ4v) is 2.55. The Bertz CT molecular complexity index is 568. The third kappa shape index (κ3) is 3.69. The van der Waals surface area contributed by atoms with Crippen LogP contribution in [0.15, 0.2) is 43.0 Å². The van der Waals surface area contributed by atoms with E-state index in [9.17, 15) is 4.79 Å². The summed E-state index contributed by atoms with van der Waals surface area (Å²) in [5.41, 5.74) is 1.10. The third-order valence-electron chi connectivity index (χ3n) is 3.46. The van der Waals surface area contributed by atoms with Crippen LogP contribution in [0.4, 0.5) is 0 Å². The Hall–Kier alpha value is -1.17. The normalized spacial score (nSPS) is 13.2. The Labute approximate surface area is 133 Å². The fraction of sp³-hybridized carbons (Fsp3) is 0.375.